The average Bonchev–Trinajstić information content (AvgIpc) is 2.96. The van der Waals surface area contributed by atoms with Crippen LogP contribution < -0.4 is 4.52 Å². The van der Waals surface area contributed by atoms with Crippen LogP contribution in [0.2, 0.25) is 0 Å². The van der Waals surface area contributed by atoms with E-state index >= 15 is 0 Å². The largest absolute Gasteiger partial charge is 0.481 e. The van der Waals surface area contributed by atoms with Crippen LogP contribution in [0.1, 0.15) is 11.3 Å². The van der Waals surface area contributed by atoms with E-state index in [1.807, 2.05) is 0 Å². The van der Waals surface area contributed by atoms with E-state index in [0.717, 1.165) is 0 Å². The van der Waals surface area contributed by atoms with Crippen LogP contribution in [0.4, 0.5) is 5.88 Å². The third kappa shape index (κ3) is 5.22. The number of furan rings is 1. The zero-order valence-corrected chi connectivity index (χ0v) is 13.5. The zero-order valence-electron chi connectivity index (χ0n) is 12.6. The Morgan fingerprint density at radius 3 is 2.50 bits per heavy atom. The molecule has 2 rings (SSSR count). The van der Waals surface area contributed by atoms with E-state index in [-0.39, 0.29) is 24.5 Å². The van der Waals surface area contributed by atoms with Crippen LogP contribution in [0.25, 0.3) is 0 Å². The van der Waals surface area contributed by atoms with Crippen LogP contribution >= 0.6 is 7.60 Å². The van der Waals surface area contributed by atoms with Crippen molar-refractivity contribution >= 4 is 19.4 Å². The first kappa shape index (κ1) is 17.7. The number of nitrogens with zero attached hydrogens (tertiary/aromatic N) is 1. The molecule has 0 saturated carbocycles. The number of benzene rings is 1. The lowest BCUT2D eigenvalue weighted by atomic mass is 10.1. The minimum atomic E-state index is -3.48. The van der Waals surface area contributed by atoms with Gasteiger partial charge in [0.25, 0.3) is 0 Å². The van der Waals surface area contributed by atoms with Gasteiger partial charge in [0, 0.05) is 6.66 Å². The Kier molecular flexibility index (Phi) is 5.38. The molecular formula is C14H14NO8P. The number of hydrogen-bond donors (Lipinski definition) is 1. The van der Waals surface area contributed by atoms with Gasteiger partial charge in [0.15, 0.2) is 0 Å². The molecule has 0 amide bonds. The fourth-order valence-corrected chi connectivity index (χ4v) is 2.70. The molecule has 0 aliphatic rings. The number of carboxylic acids is 1. The SMILES string of the molecule is CP(=O)(OCc1ccc([N+](=O)[O-])o1)Oc1ccc(CC(=O)O)cc1. The molecule has 0 aliphatic heterocycles. The van der Waals surface area contributed by atoms with E-state index in [1.165, 1.54) is 30.9 Å². The predicted octanol–water partition coefficient (Wildman–Crippen LogP) is 3.23. The standard InChI is InChI=1S/C14H14NO8P/c1-24(20,21-9-12-6-7-13(22-12)15(18)19)23-11-4-2-10(3-5-11)8-14(16)17/h2-7H,8-9H2,1H3,(H,16,17). The summed E-state index contributed by atoms with van der Waals surface area (Å²) in [5, 5.41) is 19.2. The first-order valence-electron chi connectivity index (χ1n) is 6.71. The maximum Gasteiger partial charge on any atom is 0.433 e. The highest BCUT2D eigenvalue weighted by molar-refractivity contribution is 7.53. The highest BCUT2D eigenvalue weighted by Crippen LogP contribution is 2.45. The molecule has 0 bridgehead atoms. The molecule has 0 fully saturated rings. The lowest BCUT2D eigenvalue weighted by molar-refractivity contribution is -0.402. The molecule has 1 aromatic heterocycles. The van der Waals surface area contributed by atoms with Gasteiger partial charge in [-0.3, -0.25) is 19.4 Å². The van der Waals surface area contributed by atoms with E-state index in [0.29, 0.717) is 5.56 Å². The Morgan fingerprint density at radius 2 is 1.96 bits per heavy atom. The average molecular weight is 355 g/mol. The Bertz CT molecular complexity index is 782. The molecule has 0 radical (unpaired) electrons. The van der Waals surface area contributed by atoms with Crippen molar-refractivity contribution in [1.82, 2.24) is 0 Å². The fraction of sp³-hybridized carbons (Fsp3) is 0.214. The molecule has 24 heavy (non-hydrogen) atoms. The maximum atomic E-state index is 12.2. The van der Waals surface area contributed by atoms with Gasteiger partial charge in [-0.2, -0.15) is 0 Å². The van der Waals surface area contributed by atoms with Crippen molar-refractivity contribution in [3.05, 3.63) is 57.8 Å². The Morgan fingerprint density at radius 1 is 1.29 bits per heavy atom. The summed E-state index contributed by atoms with van der Waals surface area (Å²) < 4.78 is 27.5. The van der Waals surface area contributed by atoms with E-state index in [9.17, 15) is 19.5 Å². The van der Waals surface area contributed by atoms with E-state index in [1.54, 1.807) is 12.1 Å². The first-order valence-corrected chi connectivity index (χ1v) is 8.70. The zero-order chi connectivity index (χ0) is 17.7. The summed E-state index contributed by atoms with van der Waals surface area (Å²) in [5.41, 5.74) is 0.574. The third-order valence-corrected chi connectivity index (χ3v) is 3.96. The van der Waals surface area contributed by atoms with Crippen LogP contribution in [0.3, 0.4) is 0 Å². The number of nitro groups is 1. The molecule has 1 aromatic carbocycles. The summed E-state index contributed by atoms with van der Waals surface area (Å²) in [4.78, 5) is 20.4. The summed E-state index contributed by atoms with van der Waals surface area (Å²) >= 11 is 0. The second-order valence-electron chi connectivity index (χ2n) is 4.85. The van der Waals surface area contributed by atoms with Gasteiger partial charge < -0.3 is 14.0 Å². The van der Waals surface area contributed by atoms with Crippen LogP contribution in [-0.2, 0) is 26.9 Å². The van der Waals surface area contributed by atoms with Crippen molar-refractivity contribution in [1.29, 1.82) is 0 Å². The molecule has 1 N–H and O–H groups in total. The smallest absolute Gasteiger partial charge is 0.433 e. The number of aliphatic carboxylic acids is 1. The summed E-state index contributed by atoms with van der Waals surface area (Å²) in [6, 6.07) is 8.56. The van der Waals surface area contributed by atoms with Gasteiger partial charge in [0.1, 0.15) is 23.0 Å². The molecule has 0 saturated heterocycles. The molecule has 2 aromatic rings. The number of carbonyl (C=O) groups is 1. The van der Waals surface area contributed by atoms with Crippen molar-refractivity contribution in [2.24, 2.45) is 0 Å². The van der Waals surface area contributed by atoms with Gasteiger partial charge in [-0.05, 0) is 23.8 Å². The minimum Gasteiger partial charge on any atom is -0.481 e. The van der Waals surface area contributed by atoms with Crippen LogP contribution in [0, 0.1) is 10.1 Å². The summed E-state index contributed by atoms with van der Waals surface area (Å²) in [7, 11) is -3.48. The molecule has 10 heteroatoms. The van der Waals surface area contributed by atoms with Gasteiger partial charge in [-0.25, -0.2) is 4.57 Å². The van der Waals surface area contributed by atoms with Gasteiger partial charge >= 0.3 is 19.4 Å². The van der Waals surface area contributed by atoms with Crippen molar-refractivity contribution in [3.63, 3.8) is 0 Å². The Labute approximate surface area is 136 Å². The number of hydrogen-bond acceptors (Lipinski definition) is 7. The highest BCUT2D eigenvalue weighted by atomic mass is 31.2. The normalized spacial score (nSPS) is 13.2. The van der Waals surface area contributed by atoms with Gasteiger partial charge in [0.2, 0.25) is 0 Å². The van der Waals surface area contributed by atoms with Crippen molar-refractivity contribution in [2.45, 2.75) is 13.0 Å². The van der Waals surface area contributed by atoms with Crippen molar-refractivity contribution in [3.8, 4) is 5.75 Å². The quantitative estimate of drug-likeness (QED) is 0.434. The maximum absolute atomic E-state index is 12.2. The highest BCUT2D eigenvalue weighted by Gasteiger charge is 2.21. The molecule has 128 valence electrons. The lowest BCUT2D eigenvalue weighted by Gasteiger charge is -2.14. The molecule has 1 atom stereocenters. The van der Waals surface area contributed by atoms with Gasteiger partial charge in [0.05, 0.1) is 12.5 Å². The monoisotopic (exact) mass is 355 g/mol. The fourth-order valence-electron chi connectivity index (χ4n) is 1.78. The van der Waals surface area contributed by atoms with E-state index < -0.39 is 24.4 Å². The topological polar surface area (TPSA) is 129 Å². The number of carboxylic acid groups (broad SMARTS) is 1. The van der Waals surface area contributed by atoms with E-state index in [4.69, 9.17) is 18.6 Å². The molecule has 1 unspecified atom stereocenters. The molecule has 0 aliphatic carbocycles. The second-order valence-corrected chi connectivity index (χ2v) is 6.83. The summed E-state index contributed by atoms with van der Waals surface area (Å²) in [6.45, 7) is 0.994. The van der Waals surface area contributed by atoms with E-state index in [2.05, 4.69) is 0 Å². The lowest BCUT2D eigenvalue weighted by Crippen LogP contribution is -2.00. The van der Waals surface area contributed by atoms with Crippen LogP contribution in [0.5, 0.6) is 5.75 Å². The summed E-state index contributed by atoms with van der Waals surface area (Å²) in [6.07, 6.45) is -0.127. The Hall–Kier alpha value is -2.64. The van der Waals surface area contributed by atoms with Gasteiger partial charge in [-0.15, -0.1) is 0 Å². The van der Waals surface area contributed by atoms with Gasteiger partial charge in [-0.1, -0.05) is 12.1 Å². The van der Waals surface area contributed by atoms with Crippen molar-refractivity contribution in [2.75, 3.05) is 6.66 Å². The van der Waals surface area contributed by atoms with Crippen LogP contribution in [-0.4, -0.2) is 22.7 Å². The number of rotatable bonds is 8. The minimum absolute atomic E-state index is 0.127. The summed E-state index contributed by atoms with van der Waals surface area (Å²) in [5.74, 6) is -1.00. The second kappa shape index (κ2) is 7.29. The molecular weight excluding hydrogens is 341 g/mol. The Balaban J connectivity index is 1.93. The molecule has 0 spiro atoms. The van der Waals surface area contributed by atoms with Crippen molar-refractivity contribution < 1.29 is 32.9 Å². The third-order valence-electron chi connectivity index (χ3n) is 2.82. The van der Waals surface area contributed by atoms with Crippen LogP contribution in [0.15, 0.2) is 40.8 Å². The first-order chi connectivity index (χ1) is 11.2. The molecule has 1 heterocycles. The molecule has 9 nitrogen and oxygen atoms in total. The predicted molar refractivity (Wildman–Crippen MR) is 82.1 cm³/mol.